The lowest BCUT2D eigenvalue weighted by molar-refractivity contribution is 1.41. The number of nitrogens with two attached hydrogens (primary N) is 1. The molecule has 2 aromatic carbocycles. The van der Waals surface area contributed by atoms with Gasteiger partial charge in [-0.15, -0.1) is 23.5 Å². The number of halogens is 3. The van der Waals surface area contributed by atoms with E-state index < -0.39 is 0 Å². The zero-order valence-electron chi connectivity index (χ0n) is 11.0. The summed E-state index contributed by atoms with van der Waals surface area (Å²) in [5.41, 5.74) is 6.32. The van der Waals surface area contributed by atoms with Crippen LogP contribution in [0.5, 0.6) is 0 Å². The predicted molar refractivity (Wildman–Crippen MR) is 104 cm³/mol. The molecule has 0 radical (unpaired) electrons. The first-order valence-corrected chi connectivity index (χ1v) is 9.85. The van der Waals surface area contributed by atoms with Crippen molar-refractivity contribution in [2.75, 3.05) is 18.2 Å². The van der Waals surface area contributed by atoms with Gasteiger partial charge in [-0.3, -0.25) is 0 Å². The molecule has 0 aliphatic carbocycles. The molecule has 0 fully saturated rings. The Labute approximate surface area is 152 Å². The van der Waals surface area contributed by atoms with E-state index in [1.54, 1.807) is 29.6 Å². The highest BCUT2D eigenvalue weighted by molar-refractivity contribution is 14.1. The third-order valence-corrected chi connectivity index (χ3v) is 6.44. The van der Waals surface area contributed by atoms with E-state index in [1.165, 1.54) is 4.90 Å². The van der Waals surface area contributed by atoms with Crippen LogP contribution in [0.15, 0.2) is 46.2 Å². The summed E-state index contributed by atoms with van der Waals surface area (Å²) < 4.78 is 1.15. The lowest BCUT2D eigenvalue weighted by atomic mass is 10.3. The molecule has 2 N–H and O–H groups in total. The van der Waals surface area contributed by atoms with Gasteiger partial charge in [0, 0.05) is 13.4 Å². The summed E-state index contributed by atoms with van der Waals surface area (Å²) >= 11 is 17.2. The minimum absolute atomic E-state index is 0.631. The molecule has 0 saturated carbocycles. The number of para-hydroxylation sites is 1. The van der Waals surface area contributed by atoms with Gasteiger partial charge in [0.25, 0.3) is 0 Å². The normalized spacial score (nSPS) is 9.85. The zero-order chi connectivity index (χ0) is 15.1. The second kappa shape index (κ2) is 9.30. The number of benzene rings is 2. The quantitative estimate of drug-likeness (QED) is 0.325. The molecule has 0 spiro atoms. The fourth-order valence-electron chi connectivity index (χ4n) is 1.34. The Balaban J connectivity index is 0.000000200. The SMILES string of the molecule is CSc1cccc(Cl)c1I.CSc1cccc(Cl)c1N. The van der Waals surface area contributed by atoms with Crippen LogP contribution in [0.2, 0.25) is 10.0 Å². The molecule has 0 atom stereocenters. The van der Waals surface area contributed by atoms with Crippen LogP contribution in [0.3, 0.4) is 0 Å². The molecule has 20 heavy (non-hydrogen) atoms. The molecule has 2 rings (SSSR count). The van der Waals surface area contributed by atoms with Crippen LogP contribution in [0.4, 0.5) is 5.69 Å². The molecule has 2 aromatic rings. The second-order valence-electron chi connectivity index (χ2n) is 3.61. The molecule has 0 heterocycles. The minimum atomic E-state index is 0.631. The standard InChI is InChI=1S/C7H6ClIS.C7H8ClNS/c2*1-10-6-4-2-3-5(8)7(6)9/h2-4H,1H3;2-4H,9H2,1H3. The summed E-state index contributed by atoms with van der Waals surface area (Å²) in [5.74, 6) is 0. The maximum absolute atomic E-state index is 5.87. The Kier molecular flexibility index (Phi) is 8.51. The maximum atomic E-state index is 5.87. The number of hydrogen-bond acceptors (Lipinski definition) is 3. The predicted octanol–water partition coefficient (Wildman–Crippen LogP) is 6.31. The summed E-state index contributed by atoms with van der Waals surface area (Å²) in [6.45, 7) is 0. The van der Waals surface area contributed by atoms with Gasteiger partial charge in [0.05, 0.1) is 15.7 Å². The number of rotatable bonds is 2. The third-order valence-electron chi connectivity index (χ3n) is 2.37. The van der Waals surface area contributed by atoms with Crippen LogP contribution < -0.4 is 5.73 Å². The van der Waals surface area contributed by atoms with Crippen molar-refractivity contribution in [3.63, 3.8) is 0 Å². The molecule has 0 aliphatic rings. The van der Waals surface area contributed by atoms with Crippen LogP contribution in [-0.2, 0) is 0 Å². The Morgan fingerprint density at radius 1 is 0.900 bits per heavy atom. The first-order valence-electron chi connectivity index (χ1n) is 5.57. The molecule has 0 unspecified atom stereocenters. The monoisotopic (exact) mass is 457 g/mol. The van der Waals surface area contributed by atoms with Gasteiger partial charge in [-0.2, -0.15) is 0 Å². The van der Waals surface area contributed by atoms with E-state index >= 15 is 0 Å². The maximum Gasteiger partial charge on any atom is 0.0646 e. The van der Waals surface area contributed by atoms with Gasteiger partial charge in [-0.1, -0.05) is 35.3 Å². The van der Waals surface area contributed by atoms with Gasteiger partial charge in [0.2, 0.25) is 0 Å². The fraction of sp³-hybridized carbons (Fsp3) is 0.143. The van der Waals surface area contributed by atoms with Crippen LogP contribution in [-0.4, -0.2) is 12.5 Å². The highest BCUT2D eigenvalue weighted by Gasteiger charge is 2.00. The van der Waals surface area contributed by atoms with Crippen molar-refractivity contribution in [1.82, 2.24) is 0 Å². The molecule has 6 heteroatoms. The lowest BCUT2D eigenvalue weighted by Crippen LogP contribution is -1.88. The molecule has 0 bridgehead atoms. The lowest BCUT2D eigenvalue weighted by Gasteiger charge is -2.01. The van der Waals surface area contributed by atoms with Gasteiger partial charge < -0.3 is 5.73 Å². The van der Waals surface area contributed by atoms with Crippen molar-refractivity contribution in [2.45, 2.75) is 9.79 Å². The van der Waals surface area contributed by atoms with E-state index in [-0.39, 0.29) is 0 Å². The van der Waals surface area contributed by atoms with Crippen LogP contribution in [0.25, 0.3) is 0 Å². The highest BCUT2D eigenvalue weighted by atomic mass is 127. The van der Waals surface area contributed by atoms with E-state index in [2.05, 4.69) is 28.7 Å². The van der Waals surface area contributed by atoms with Crippen molar-refractivity contribution in [2.24, 2.45) is 0 Å². The average Bonchev–Trinajstić information content (AvgIpc) is 2.45. The van der Waals surface area contributed by atoms with Gasteiger partial charge in [0.1, 0.15) is 0 Å². The van der Waals surface area contributed by atoms with Gasteiger partial charge in [0.15, 0.2) is 0 Å². The van der Waals surface area contributed by atoms with E-state index in [1.807, 2.05) is 36.8 Å². The molecular formula is C14H14Cl2INS2. The largest absolute Gasteiger partial charge is 0.397 e. The number of thioether (sulfide) groups is 2. The molecule has 0 saturated heterocycles. The first kappa shape index (κ1) is 18.3. The third kappa shape index (κ3) is 5.22. The van der Waals surface area contributed by atoms with Crippen molar-refractivity contribution in [3.05, 3.63) is 50.0 Å². The van der Waals surface area contributed by atoms with Gasteiger partial charge >= 0.3 is 0 Å². The Morgan fingerprint density at radius 2 is 1.40 bits per heavy atom. The zero-order valence-corrected chi connectivity index (χ0v) is 16.3. The van der Waals surface area contributed by atoms with E-state index in [0.717, 1.165) is 13.5 Å². The molecular weight excluding hydrogens is 444 g/mol. The number of hydrogen-bond donors (Lipinski definition) is 1. The number of nitrogen functional groups attached to an aromatic ring is 1. The van der Waals surface area contributed by atoms with Crippen LogP contribution >= 0.6 is 69.3 Å². The summed E-state index contributed by atoms with van der Waals surface area (Å²) in [6, 6.07) is 11.6. The smallest absolute Gasteiger partial charge is 0.0646 e. The molecule has 0 aromatic heterocycles. The second-order valence-corrected chi connectivity index (χ2v) is 7.20. The van der Waals surface area contributed by atoms with E-state index in [9.17, 15) is 0 Å². The van der Waals surface area contributed by atoms with E-state index in [4.69, 9.17) is 28.9 Å². The van der Waals surface area contributed by atoms with Crippen LogP contribution in [0, 0.1) is 3.57 Å². The van der Waals surface area contributed by atoms with Gasteiger partial charge in [-0.05, 0) is 59.4 Å². The molecule has 0 aliphatic heterocycles. The summed E-state index contributed by atoms with van der Waals surface area (Å²) in [4.78, 5) is 2.28. The van der Waals surface area contributed by atoms with E-state index in [0.29, 0.717) is 10.7 Å². The summed E-state index contributed by atoms with van der Waals surface area (Å²) in [5, 5.41) is 1.47. The van der Waals surface area contributed by atoms with Gasteiger partial charge in [-0.25, -0.2) is 0 Å². The molecule has 0 amide bonds. The first-order chi connectivity index (χ1) is 9.51. The molecule has 1 nitrogen and oxygen atoms in total. The van der Waals surface area contributed by atoms with Crippen LogP contribution in [0.1, 0.15) is 0 Å². The Hall–Kier alpha value is 0.250. The minimum Gasteiger partial charge on any atom is -0.397 e. The van der Waals surface area contributed by atoms with Crippen molar-refractivity contribution in [3.8, 4) is 0 Å². The number of anilines is 1. The summed E-state index contributed by atoms with van der Waals surface area (Å²) in [7, 11) is 0. The Morgan fingerprint density at radius 3 is 1.85 bits per heavy atom. The van der Waals surface area contributed by atoms with Crippen molar-refractivity contribution in [1.29, 1.82) is 0 Å². The van der Waals surface area contributed by atoms with Crippen molar-refractivity contribution < 1.29 is 0 Å². The Bertz CT molecular complexity index is 528. The fourth-order valence-corrected chi connectivity index (χ4v) is 3.87. The average molecular weight is 458 g/mol. The topological polar surface area (TPSA) is 26.0 Å². The summed E-state index contributed by atoms with van der Waals surface area (Å²) in [6.07, 6.45) is 4.02. The van der Waals surface area contributed by atoms with Crippen molar-refractivity contribution >= 4 is 75.0 Å². The highest BCUT2D eigenvalue weighted by Crippen LogP contribution is 2.29. The molecule has 108 valence electrons.